The van der Waals surface area contributed by atoms with Crippen LogP contribution in [0, 0.1) is 13.8 Å². The summed E-state index contributed by atoms with van der Waals surface area (Å²) in [6.07, 6.45) is 3.08. The van der Waals surface area contributed by atoms with Crippen LogP contribution in [0.15, 0.2) is 10.5 Å². The lowest BCUT2D eigenvalue weighted by molar-refractivity contribution is 0.0633. The predicted molar refractivity (Wildman–Crippen MR) is 81.5 cm³/mol. The van der Waals surface area contributed by atoms with Crippen molar-refractivity contribution in [1.82, 2.24) is 9.80 Å². The van der Waals surface area contributed by atoms with Crippen molar-refractivity contribution in [2.75, 3.05) is 39.3 Å². The summed E-state index contributed by atoms with van der Waals surface area (Å²) in [5.41, 5.74) is 0.698. The maximum absolute atomic E-state index is 12.5. The highest BCUT2D eigenvalue weighted by molar-refractivity contribution is 5.95. The summed E-state index contributed by atoms with van der Waals surface area (Å²) in [4.78, 5) is 16.8. The van der Waals surface area contributed by atoms with E-state index in [0.717, 1.165) is 57.7 Å². The van der Waals surface area contributed by atoms with Gasteiger partial charge in [-0.2, -0.15) is 0 Å². The van der Waals surface area contributed by atoms with Crippen LogP contribution in [0.2, 0.25) is 0 Å². The Kier molecular flexibility index (Phi) is 5.82. The molecular formula is C16H26N2O3. The van der Waals surface area contributed by atoms with Crippen molar-refractivity contribution in [2.45, 2.75) is 33.1 Å². The van der Waals surface area contributed by atoms with Crippen molar-refractivity contribution in [3.05, 3.63) is 23.2 Å². The molecule has 0 bridgehead atoms. The predicted octanol–water partition coefficient (Wildman–Crippen LogP) is 1.82. The summed E-state index contributed by atoms with van der Waals surface area (Å²) in [6.45, 7) is 8.48. The van der Waals surface area contributed by atoms with Crippen LogP contribution in [-0.4, -0.2) is 60.1 Å². The molecule has 0 radical (unpaired) electrons. The second kappa shape index (κ2) is 7.61. The molecule has 0 atom stereocenters. The zero-order valence-corrected chi connectivity index (χ0v) is 13.1. The number of carbonyl (C=O) groups is 1. The molecular weight excluding hydrogens is 268 g/mol. The largest absolute Gasteiger partial charge is 0.466 e. The van der Waals surface area contributed by atoms with Gasteiger partial charge in [-0.25, -0.2) is 0 Å². The molecule has 118 valence electrons. The molecule has 0 unspecified atom stereocenters. The van der Waals surface area contributed by atoms with E-state index < -0.39 is 0 Å². The average Bonchev–Trinajstić information content (AvgIpc) is 2.82. The normalized spacial score (nSPS) is 16.4. The molecule has 0 saturated carbocycles. The minimum Gasteiger partial charge on any atom is -0.466 e. The van der Waals surface area contributed by atoms with Crippen LogP contribution in [0.1, 0.15) is 41.1 Å². The average molecular weight is 294 g/mol. The minimum atomic E-state index is 0.0873. The number of hydrogen-bond acceptors (Lipinski definition) is 4. The lowest BCUT2D eigenvalue weighted by Crippen LogP contribution is -2.48. The smallest absolute Gasteiger partial charge is 0.257 e. The van der Waals surface area contributed by atoms with Crippen LogP contribution < -0.4 is 0 Å². The van der Waals surface area contributed by atoms with Crippen molar-refractivity contribution in [3.8, 4) is 0 Å². The monoisotopic (exact) mass is 294 g/mol. The maximum atomic E-state index is 12.5. The van der Waals surface area contributed by atoms with Crippen molar-refractivity contribution < 1.29 is 14.3 Å². The van der Waals surface area contributed by atoms with E-state index in [1.165, 1.54) is 0 Å². The van der Waals surface area contributed by atoms with Crippen molar-refractivity contribution in [3.63, 3.8) is 0 Å². The third-order valence-electron chi connectivity index (χ3n) is 4.06. The molecule has 1 N–H and O–H groups in total. The molecule has 1 aromatic rings. The highest BCUT2D eigenvalue weighted by atomic mass is 16.3. The number of aliphatic hydroxyl groups excluding tert-OH is 1. The number of aliphatic hydroxyl groups is 1. The third kappa shape index (κ3) is 4.32. The van der Waals surface area contributed by atoms with E-state index in [1.54, 1.807) is 0 Å². The molecule has 0 aliphatic carbocycles. The number of hydrogen-bond donors (Lipinski definition) is 1. The number of furan rings is 1. The Labute approximate surface area is 126 Å². The number of amides is 1. The van der Waals surface area contributed by atoms with E-state index in [2.05, 4.69) is 4.90 Å². The van der Waals surface area contributed by atoms with E-state index in [0.29, 0.717) is 11.3 Å². The first-order chi connectivity index (χ1) is 10.1. The van der Waals surface area contributed by atoms with Gasteiger partial charge in [-0.15, -0.1) is 0 Å². The highest BCUT2D eigenvalue weighted by Crippen LogP contribution is 2.17. The van der Waals surface area contributed by atoms with Crippen molar-refractivity contribution in [1.29, 1.82) is 0 Å². The molecule has 5 heteroatoms. The Balaban J connectivity index is 1.78. The maximum Gasteiger partial charge on any atom is 0.257 e. The third-order valence-corrected chi connectivity index (χ3v) is 4.06. The molecule has 1 amide bonds. The van der Waals surface area contributed by atoms with Crippen LogP contribution in [0.4, 0.5) is 0 Å². The number of unbranched alkanes of at least 4 members (excludes halogenated alkanes) is 2. The zero-order valence-electron chi connectivity index (χ0n) is 13.1. The number of carbonyl (C=O) groups excluding carboxylic acids is 1. The molecule has 0 spiro atoms. The SMILES string of the molecule is Cc1cc(C(=O)N2CCN(CCCCCO)CC2)c(C)o1. The van der Waals surface area contributed by atoms with Gasteiger partial charge in [0, 0.05) is 32.8 Å². The van der Waals surface area contributed by atoms with Gasteiger partial charge >= 0.3 is 0 Å². The molecule has 0 aromatic carbocycles. The van der Waals surface area contributed by atoms with Gasteiger partial charge in [-0.1, -0.05) is 0 Å². The van der Waals surface area contributed by atoms with Crippen LogP contribution >= 0.6 is 0 Å². The lowest BCUT2D eigenvalue weighted by Gasteiger charge is -2.34. The van der Waals surface area contributed by atoms with Crippen LogP contribution in [0.5, 0.6) is 0 Å². The lowest BCUT2D eigenvalue weighted by atomic mass is 10.2. The van der Waals surface area contributed by atoms with E-state index in [-0.39, 0.29) is 12.5 Å². The standard InChI is InChI=1S/C16H26N2O3/c1-13-12-15(14(2)21-13)16(20)18-9-7-17(8-10-18)6-4-3-5-11-19/h12,19H,3-11H2,1-2H3. The van der Waals surface area contributed by atoms with Gasteiger partial charge in [0.25, 0.3) is 5.91 Å². The first kappa shape index (κ1) is 16.0. The fraction of sp³-hybridized carbons (Fsp3) is 0.688. The minimum absolute atomic E-state index is 0.0873. The summed E-state index contributed by atoms with van der Waals surface area (Å²) in [6, 6.07) is 1.83. The fourth-order valence-corrected chi connectivity index (χ4v) is 2.81. The molecule has 5 nitrogen and oxygen atoms in total. The van der Waals surface area contributed by atoms with Gasteiger partial charge in [0.1, 0.15) is 11.5 Å². The Morgan fingerprint density at radius 3 is 2.48 bits per heavy atom. The number of piperazine rings is 1. The Morgan fingerprint density at radius 2 is 1.90 bits per heavy atom. The van der Waals surface area contributed by atoms with Gasteiger partial charge in [0.05, 0.1) is 5.56 Å². The molecule has 1 aromatic heterocycles. The van der Waals surface area contributed by atoms with E-state index in [4.69, 9.17) is 9.52 Å². The number of nitrogens with zero attached hydrogens (tertiary/aromatic N) is 2. The van der Waals surface area contributed by atoms with Crippen molar-refractivity contribution >= 4 is 5.91 Å². The van der Waals surface area contributed by atoms with Crippen molar-refractivity contribution in [2.24, 2.45) is 0 Å². The number of rotatable bonds is 6. The summed E-state index contributed by atoms with van der Waals surface area (Å²) in [7, 11) is 0. The summed E-state index contributed by atoms with van der Waals surface area (Å²) >= 11 is 0. The van der Waals surface area contributed by atoms with Gasteiger partial charge in [-0.3, -0.25) is 9.69 Å². The van der Waals surface area contributed by atoms with Crippen LogP contribution in [0.25, 0.3) is 0 Å². The molecule has 1 fully saturated rings. The molecule has 1 aliphatic heterocycles. The zero-order chi connectivity index (χ0) is 15.2. The molecule has 2 rings (SSSR count). The summed E-state index contributed by atoms with van der Waals surface area (Å²) in [5.74, 6) is 1.59. The van der Waals surface area contributed by atoms with E-state index in [1.807, 2.05) is 24.8 Å². The molecule has 1 aliphatic rings. The Morgan fingerprint density at radius 1 is 1.19 bits per heavy atom. The molecule has 2 heterocycles. The Hall–Kier alpha value is -1.33. The highest BCUT2D eigenvalue weighted by Gasteiger charge is 2.24. The number of aryl methyl sites for hydroxylation is 2. The molecule has 21 heavy (non-hydrogen) atoms. The quantitative estimate of drug-likeness (QED) is 0.813. The second-order valence-corrected chi connectivity index (χ2v) is 5.75. The van der Waals surface area contributed by atoms with Crippen LogP contribution in [0.3, 0.4) is 0 Å². The Bertz CT molecular complexity index is 462. The van der Waals surface area contributed by atoms with Crippen LogP contribution in [-0.2, 0) is 0 Å². The fourth-order valence-electron chi connectivity index (χ4n) is 2.81. The van der Waals surface area contributed by atoms with E-state index in [9.17, 15) is 4.79 Å². The van der Waals surface area contributed by atoms with Gasteiger partial charge in [-0.05, 0) is 45.7 Å². The van der Waals surface area contributed by atoms with Gasteiger partial charge in [0.2, 0.25) is 0 Å². The second-order valence-electron chi connectivity index (χ2n) is 5.75. The van der Waals surface area contributed by atoms with E-state index >= 15 is 0 Å². The molecule has 1 saturated heterocycles. The first-order valence-electron chi connectivity index (χ1n) is 7.81. The summed E-state index contributed by atoms with van der Waals surface area (Å²) in [5, 5.41) is 8.77. The van der Waals surface area contributed by atoms with Gasteiger partial charge < -0.3 is 14.4 Å². The summed E-state index contributed by atoms with van der Waals surface area (Å²) < 4.78 is 5.45. The first-order valence-corrected chi connectivity index (χ1v) is 7.81. The topological polar surface area (TPSA) is 56.9 Å². The van der Waals surface area contributed by atoms with Gasteiger partial charge in [0.15, 0.2) is 0 Å².